The van der Waals surface area contributed by atoms with Crippen molar-refractivity contribution in [2.75, 3.05) is 0 Å². The maximum absolute atomic E-state index is 13.9. The van der Waals surface area contributed by atoms with E-state index in [4.69, 9.17) is 4.42 Å². The Morgan fingerprint density at radius 1 is 1.07 bits per heavy atom. The van der Waals surface area contributed by atoms with Crippen molar-refractivity contribution in [3.8, 4) is 28.5 Å². The zero-order valence-electron chi connectivity index (χ0n) is 15.4. The molecule has 0 atom stereocenters. The maximum Gasteiger partial charge on any atom is 0.435 e. The molecule has 0 bridgehead atoms. The van der Waals surface area contributed by atoms with E-state index in [1.807, 2.05) is 0 Å². The zero-order valence-corrected chi connectivity index (χ0v) is 15.4. The lowest BCUT2D eigenvalue weighted by Crippen LogP contribution is -2.08. The molecule has 30 heavy (non-hydrogen) atoms. The van der Waals surface area contributed by atoms with E-state index in [0.29, 0.717) is 17.1 Å². The Balaban J connectivity index is 1.93. The number of halogens is 3. The number of hydrogen-bond acceptors (Lipinski definition) is 6. The van der Waals surface area contributed by atoms with Crippen molar-refractivity contribution in [2.24, 2.45) is 7.05 Å². The summed E-state index contributed by atoms with van der Waals surface area (Å²) in [5.41, 5.74) is 0.444. The number of aryl methyl sites for hydroxylation is 1. The van der Waals surface area contributed by atoms with Gasteiger partial charge in [0.1, 0.15) is 0 Å². The van der Waals surface area contributed by atoms with Gasteiger partial charge in [0.2, 0.25) is 12.3 Å². The third-order valence-electron chi connectivity index (χ3n) is 4.58. The van der Waals surface area contributed by atoms with Gasteiger partial charge in [-0.3, -0.25) is 4.68 Å². The number of alkyl halides is 3. The normalized spacial score (nSPS) is 12.0. The second-order valence-corrected chi connectivity index (χ2v) is 6.43. The lowest BCUT2D eigenvalue weighted by atomic mass is 10.1. The topological polar surface area (TPSA) is 87.5 Å². The summed E-state index contributed by atoms with van der Waals surface area (Å²) >= 11 is 0. The van der Waals surface area contributed by atoms with E-state index in [1.54, 1.807) is 54.3 Å². The first kappa shape index (κ1) is 18.0. The summed E-state index contributed by atoms with van der Waals surface area (Å²) in [7, 11) is 1.71. The first-order valence-corrected chi connectivity index (χ1v) is 8.75. The fourth-order valence-electron chi connectivity index (χ4n) is 3.28. The van der Waals surface area contributed by atoms with Crippen LogP contribution in [0.4, 0.5) is 13.2 Å². The predicted octanol–water partition coefficient (Wildman–Crippen LogP) is 3.89. The summed E-state index contributed by atoms with van der Waals surface area (Å²) in [4.78, 5) is 4.51. The summed E-state index contributed by atoms with van der Waals surface area (Å²) < 4.78 is 49.7. The lowest BCUT2D eigenvalue weighted by Gasteiger charge is -2.08. The number of hydrogen-bond donors (Lipinski definition) is 0. The SMILES string of the molecule is Cn1nccc1-c1cc(-c2nnco2)c2c(C(F)(F)F)nn(-c3ccccc3)c2n1. The number of aromatic nitrogens is 7. The molecule has 11 heteroatoms. The van der Waals surface area contributed by atoms with E-state index >= 15 is 0 Å². The molecule has 150 valence electrons. The standard InChI is InChI=1S/C19H12F3N7O/c1-28-14(7-8-24-28)13-9-12(18-26-23-10-30-18)15-16(19(20,21)22)27-29(17(15)25-13)11-5-3-2-4-6-11/h2-10H,1H3. The van der Waals surface area contributed by atoms with Gasteiger partial charge in [0.25, 0.3) is 0 Å². The van der Waals surface area contributed by atoms with Crippen molar-refractivity contribution >= 4 is 11.0 Å². The minimum Gasteiger partial charge on any atom is -0.423 e. The van der Waals surface area contributed by atoms with Crippen LogP contribution in [0.5, 0.6) is 0 Å². The smallest absolute Gasteiger partial charge is 0.423 e. The first-order chi connectivity index (χ1) is 14.4. The van der Waals surface area contributed by atoms with Gasteiger partial charge < -0.3 is 4.42 Å². The lowest BCUT2D eigenvalue weighted by molar-refractivity contribution is -0.140. The van der Waals surface area contributed by atoms with Gasteiger partial charge in [-0.05, 0) is 24.3 Å². The fraction of sp³-hybridized carbons (Fsp3) is 0.105. The number of para-hydroxylation sites is 1. The van der Waals surface area contributed by atoms with Crippen LogP contribution in [0.2, 0.25) is 0 Å². The van der Waals surface area contributed by atoms with Crippen LogP contribution in [0.1, 0.15) is 5.69 Å². The van der Waals surface area contributed by atoms with E-state index in [9.17, 15) is 13.2 Å². The van der Waals surface area contributed by atoms with Crippen molar-refractivity contribution in [1.82, 2.24) is 34.7 Å². The number of rotatable bonds is 3. The molecule has 4 heterocycles. The van der Waals surface area contributed by atoms with Crippen LogP contribution < -0.4 is 0 Å². The van der Waals surface area contributed by atoms with Crippen LogP contribution in [0.15, 0.2) is 59.5 Å². The summed E-state index contributed by atoms with van der Waals surface area (Å²) in [5, 5.41) is 15.2. The number of benzene rings is 1. The Morgan fingerprint density at radius 3 is 2.50 bits per heavy atom. The minimum atomic E-state index is -4.72. The summed E-state index contributed by atoms with van der Waals surface area (Å²) in [6.45, 7) is 0. The zero-order chi connectivity index (χ0) is 20.9. The van der Waals surface area contributed by atoms with Crippen LogP contribution in [-0.4, -0.2) is 34.7 Å². The monoisotopic (exact) mass is 411 g/mol. The molecule has 5 rings (SSSR count). The second kappa shape index (κ2) is 6.51. The molecule has 1 aromatic carbocycles. The Morgan fingerprint density at radius 2 is 1.87 bits per heavy atom. The molecule has 0 N–H and O–H groups in total. The Labute approximate surface area is 166 Å². The molecule has 0 aliphatic rings. The van der Waals surface area contributed by atoms with Gasteiger partial charge in [0.15, 0.2) is 11.3 Å². The highest BCUT2D eigenvalue weighted by Crippen LogP contribution is 2.40. The summed E-state index contributed by atoms with van der Waals surface area (Å²) in [6, 6.07) is 11.7. The van der Waals surface area contributed by atoms with Gasteiger partial charge in [-0.25, -0.2) is 9.67 Å². The average Bonchev–Trinajstić information content (AvgIpc) is 3.47. The Bertz CT molecular complexity index is 1340. The quantitative estimate of drug-likeness (QED) is 0.448. The average molecular weight is 411 g/mol. The second-order valence-electron chi connectivity index (χ2n) is 6.43. The minimum absolute atomic E-state index is 0.0143. The van der Waals surface area contributed by atoms with Gasteiger partial charge in [0, 0.05) is 13.2 Å². The molecule has 0 unspecified atom stereocenters. The molecule has 8 nitrogen and oxygen atoms in total. The number of pyridine rings is 1. The maximum atomic E-state index is 13.9. The molecular weight excluding hydrogens is 399 g/mol. The highest BCUT2D eigenvalue weighted by atomic mass is 19.4. The van der Waals surface area contributed by atoms with E-state index in [0.717, 1.165) is 11.1 Å². The van der Waals surface area contributed by atoms with Crippen LogP contribution in [-0.2, 0) is 13.2 Å². The van der Waals surface area contributed by atoms with Crippen LogP contribution in [0.3, 0.4) is 0 Å². The van der Waals surface area contributed by atoms with Crippen LogP contribution in [0, 0.1) is 0 Å². The van der Waals surface area contributed by atoms with Gasteiger partial charge in [-0.1, -0.05) is 18.2 Å². The van der Waals surface area contributed by atoms with Crippen molar-refractivity contribution in [3.63, 3.8) is 0 Å². The van der Waals surface area contributed by atoms with Crippen molar-refractivity contribution in [1.29, 1.82) is 0 Å². The van der Waals surface area contributed by atoms with E-state index in [-0.39, 0.29) is 22.5 Å². The molecular formula is C19H12F3N7O. The van der Waals surface area contributed by atoms with E-state index in [1.165, 1.54) is 6.07 Å². The Hall–Kier alpha value is -4.02. The Kier molecular flexibility index (Phi) is 3.91. The molecule has 5 aromatic rings. The summed E-state index contributed by atoms with van der Waals surface area (Å²) in [5.74, 6) is -0.0658. The van der Waals surface area contributed by atoms with Crippen molar-refractivity contribution < 1.29 is 17.6 Å². The molecule has 0 saturated carbocycles. The largest absolute Gasteiger partial charge is 0.435 e. The fourth-order valence-corrected chi connectivity index (χ4v) is 3.28. The van der Waals surface area contributed by atoms with Crippen molar-refractivity contribution in [2.45, 2.75) is 6.18 Å². The third-order valence-corrected chi connectivity index (χ3v) is 4.58. The molecule has 0 aliphatic heterocycles. The highest BCUT2D eigenvalue weighted by Gasteiger charge is 2.39. The van der Waals surface area contributed by atoms with E-state index in [2.05, 4.69) is 25.4 Å². The third kappa shape index (κ3) is 2.82. The van der Waals surface area contributed by atoms with Crippen LogP contribution in [0.25, 0.3) is 39.6 Å². The highest BCUT2D eigenvalue weighted by molar-refractivity contribution is 5.96. The molecule has 0 aliphatic carbocycles. The predicted molar refractivity (Wildman–Crippen MR) is 99.4 cm³/mol. The first-order valence-electron chi connectivity index (χ1n) is 8.75. The van der Waals surface area contributed by atoms with Gasteiger partial charge in [0.05, 0.1) is 28.0 Å². The molecule has 0 saturated heterocycles. The van der Waals surface area contributed by atoms with E-state index < -0.39 is 11.9 Å². The van der Waals surface area contributed by atoms with Crippen LogP contribution >= 0.6 is 0 Å². The molecule has 0 spiro atoms. The van der Waals surface area contributed by atoms with Gasteiger partial charge in [-0.15, -0.1) is 10.2 Å². The summed E-state index contributed by atoms with van der Waals surface area (Å²) in [6.07, 6.45) is -2.09. The van der Waals surface area contributed by atoms with Crippen molar-refractivity contribution in [3.05, 3.63) is 60.7 Å². The number of fused-ring (bicyclic) bond motifs is 1. The van der Waals surface area contributed by atoms with Gasteiger partial charge in [-0.2, -0.15) is 23.4 Å². The molecule has 4 aromatic heterocycles. The molecule has 0 fully saturated rings. The molecule has 0 radical (unpaired) electrons. The van der Waals surface area contributed by atoms with Gasteiger partial charge >= 0.3 is 6.18 Å². The molecule has 0 amide bonds. The number of nitrogens with zero attached hydrogens (tertiary/aromatic N) is 7.